The third-order valence-electron chi connectivity index (χ3n) is 5.16. The highest BCUT2D eigenvalue weighted by Crippen LogP contribution is 2.29. The van der Waals surface area contributed by atoms with Gasteiger partial charge in [0.1, 0.15) is 5.75 Å². The molecule has 0 spiro atoms. The molecule has 1 saturated carbocycles. The molecule has 0 aliphatic heterocycles. The first-order valence-electron chi connectivity index (χ1n) is 9.45. The number of pyridine rings is 1. The number of fused-ring (bicyclic) bond motifs is 1. The third-order valence-corrected chi connectivity index (χ3v) is 6.74. The summed E-state index contributed by atoms with van der Waals surface area (Å²) >= 11 is 0. The Morgan fingerprint density at radius 3 is 2.68 bits per heavy atom. The van der Waals surface area contributed by atoms with Crippen LogP contribution in [-0.4, -0.2) is 35.3 Å². The number of aryl methyl sites for hydroxylation is 2. The molecule has 2 aromatic heterocycles. The minimum absolute atomic E-state index is 0.0819. The van der Waals surface area contributed by atoms with E-state index < -0.39 is 10.0 Å². The van der Waals surface area contributed by atoms with Crippen molar-refractivity contribution < 1.29 is 13.2 Å². The second kappa shape index (κ2) is 7.52. The number of hydrogen-bond acceptors (Lipinski definition) is 5. The number of sulfonamides is 1. The largest absolute Gasteiger partial charge is 0.490 e. The number of nitrogens with zero attached hydrogens (tertiary/aromatic N) is 3. The van der Waals surface area contributed by atoms with E-state index in [4.69, 9.17) is 4.74 Å². The molecule has 0 bridgehead atoms. The molecule has 0 amide bonds. The number of nitrogens with one attached hydrogen (secondary N) is 1. The van der Waals surface area contributed by atoms with Crippen LogP contribution in [-0.2, 0) is 17.1 Å². The highest BCUT2D eigenvalue weighted by Gasteiger charge is 2.28. The van der Waals surface area contributed by atoms with E-state index in [1.807, 2.05) is 30.5 Å². The third kappa shape index (κ3) is 3.88. The summed E-state index contributed by atoms with van der Waals surface area (Å²) in [5.74, 6) is 0.856. The lowest BCUT2D eigenvalue weighted by molar-refractivity contribution is 0.146. The van der Waals surface area contributed by atoms with Crippen molar-refractivity contribution in [1.29, 1.82) is 0 Å². The summed E-state index contributed by atoms with van der Waals surface area (Å²) in [7, 11) is -1.93. The van der Waals surface area contributed by atoms with Gasteiger partial charge in [-0.3, -0.25) is 9.67 Å². The molecule has 28 heavy (non-hydrogen) atoms. The van der Waals surface area contributed by atoms with Gasteiger partial charge in [0.15, 0.2) is 5.03 Å². The van der Waals surface area contributed by atoms with Gasteiger partial charge in [-0.05, 0) is 50.8 Å². The second-order valence-electron chi connectivity index (χ2n) is 7.31. The lowest BCUT2D eigenvalue weighted by atomic mass is 9.93. The topological polar surface area (TPSA) is 86.1 Å². The first kappa shape index (κ1) is 18.9. The van der Waals surface area contributed by atoms with E-state index >= 15 is 0 Å². The van der Waals surface area contributed by atoms with E-state index in [-0.39, 0.29) is 17.2 Å². The number of ether oxygens (including phenoxy) is 1. The minimum atomic E-state index is -3.57. The first-order valence-corrected chi connectivity index (χ1v) is 10.9. The summed E-state index contributed by atoms with van der Waals surface area (Å²) in [6, 6.07) is 9.42. The second-order valence-corrected chi connectivity index (χ2v) is 8.97. The van der Waals surface area contributed by atoms with Gasteiger partial charge in [0.25, 0.3) is 10.0 Å². The van der Waals surface area contributed by atoms with E-state index in [9.17, 15) is 8.42 Å². The fourth-order valence-corrected chi connectivity index (χ4v) is 5.30. The van der Waals surface area contributed by atoms with Crippen LogP contribution in [0.2, 0.25) is 0 Å². The van der Waals surface area contributed by atoms with Crippen molar-refractivity contribution in [3.8, 4) is 5.75 Å². The average Bonchev–Trinajstić information content (AvgIpc) is 3.03. The quantitative estimate of drug-likeness (QED) is 0.712. The molecule has 1 aliphatic carbocycles. The van der Waals surface area contributed by atoms with Gasteiger partial charge >= 0.3 is 0 Å². The van der Waals surface area contributed by atoms with Gasteiger partial charge in [0, 0.05) is 36.3 Å². The van der Waals surface area contributed by atoms with E-state index in [0.29, 0.717) is 5.69 Å². The molecule has 8 heteroatoms. The Morgan fingerprint density at radius 2 is 1.96 bits per heavy atom. The molecule has 3 aromatic rings. The SMILES string of the molecule is Cc1cc(S(=O)(=O)NC2CCC(Oc3cccc4cnccc34)CC2)n(C)n1. The normalized spacial score (nSPS) is 20.4. The Balaban J connectivity index is 1.39. The fraction of sp³-hybridized carbons (Fsp3) is 0.400. The van der Waals surface area contributed by atoms with Gasteiger partial charge in [0.05, 0.1) is 11.8 Å². The van der Waals surface area contributed by atoms with E-state index in [2.05, 4.69) is 14.8 Å². The lowest BCUT2D eigenvalue weighted by Gasteiger charge is -2.29. The van der Waals surface area contributed by atoms with Crippen LogP contribution < -0.4 is 9.46 Å². The molecular formula is C20H24N4O3S. The van der Waals surface area contributed by atoms with Gasteiger partial charge in [-0.2, -0.15) is 5.10 Å². The molecule has 0 radical (unpaired) electrons. The number of rotatable bonds is 5. The van der Waals surface area contributed by atoms with Crippen molar-refractivity contribution >= 4 is 20.8 Å². The molecular weight excluding hydrogens is 376 g/mol. The molecule has 2 heterocycles. The van der Waals surface area contributed by atoms with Crippen LogP contribution in [0.5, 0.6) is 5.75 Å². The zero-order valence-electron chi connectivity index (χ0n) is 16.0. The Hall–Kier alpha value is -2.45. The number of aromatic nitrogens is 3. The summed E-state index contributed by atoms with van der Waals surface area (Å²) in [6.07, 6.45) is 6.77. The smallest absolute Gasteiger partial charge is 0.257 e. The molecule has 0 atom stereocenters. The summed E-state index contributed by atoms with van der Waals surface area (Å²) in [5.41, 5.74) is 0.685. The molecule has 0 unspecified atom stereocenters. The monoisotopic (exact) mass is 400 g/mol. The zero-order valence-corrected chi connectivity index (χ0v) is 16.8. The van der Waals surface area contributed by atoms with Crippen LogP contribution in [0.1, 0.15) is 31.4 Å². The maximum atomic E-state index is 12.6. The Bertz CT molecular complexity index is 1080. The highest BCUT2D eigenvalue weighted by atomic mass is 32.2. The van der Waals surface area contributed by atoms with Crippen molar-refractivity contribution in [2.45, 2.75) is 49.8 Å². The molecule has 4 rings (SSSR count). The summed E-state index contributed by atoms with van der Waals surface area (Å²) in [4.78, 5) is 4.15. The first-order chi connectivity index (χ1) is 13.4. The number of benzene rings is 1. The predicted octanol–water partition coefficient (Wildman–Crippen LogP) is 2.95. The summed E-state index contributed by atoms with van der Waals surface area (Å²) in [6.45, 7) is 1.78. The maximum Gasteiger partial charge on any atom is 0.257 e. The van der Waals surface area contributed by atoms with Gasteiger partial charge in [-0.15, -0.1) is 0 Å². The van der Waals surface area contributed by atoms with Crippen LogP contribution >= 0.6 is 0 Å². The maximum absolute atomic E-state index is 12.6. The van der Waals surface area contributed by atoms with E-state index in [1.54, 1.807) is 26.2 Å². The molecule has 1 fully saturated rings. The van der Waals surface area contributed by atoms with Crippen LogP contribution in [0.25, 0.3) is 10.8 Å². The predicted molar refractivity (Wildman–Crippen MR) is 107 cm³/mol. The fourth-order valence-electron chi connectivity index (χ4n) is 3.79. The highest BCUT2D eigenvalue weighted by molar-refractivity contribution is 7.89. The van der Waals surface area contributed by atoms with Crippen molar-refractivity contribution in [1.82, 2.24) is 19.5 Å². The standard InChI is InChI=1S/C20H24N4O3S/c1-14-12-20(24(2)22-14)28(25,26)23-16-6-8-17(9-7-16)27-19-5-3-4-15-13-21-11-10-18(15)19/h3-5,10-13,16-17,23H,6-9H2,1-2H3. The molecule has 7 nitrogen and oxygen atoms in total. The van der Waals surface area contributed by atoms with Crippen molar-refractivity contribution in [3.63, 3.8) is 0 Å². The average molecular weight is 401 g/mol. The summed E-state index contributed by atoms with van der Waals surface area (Å²) < 4.78 is 35.8. The van der Waals surface area contributed by atoms with Crippen LogP contribution in [0.4, 0.5) is 0 Å². The lowest BCUT2D eigenvalue weighted by Crippen LogP contribution is -2.40. The van der Waals surface area contributed by atoms with Gasteiger partial charge in [0.2, 0.25) is 0 Å². The molecule has 148 valence electrons. The molecule has 1 aliphatic rings. The van der Waals surface area contributed by atoms with E-state index in [1.165, 1.54) is 4.68 Å². The summed E-state index contributed by atoms with van der Waals surface area (Å²) in [5, 5.41) is 6.43. The van der Waals surface area contributed by atoms with Crippen LogP contribution in [0.15, 0.2) is 47.8 Å². The van der Waals surface area contributed by atoms with Gasteiger partial charge < -0.3 is 4.74 Å². The molecule has 1 N–H and O–H groups in total. The minimum Gasteiger partial charge on any atom is -0.490 e. The Morgan fingerprint density at radius 1 is 1.18 bits per heavy atom. The van der Waals surface area contributed by atoms with E-state index in [0.717, 1.165) is 42.2 Å². The Kier molecular flexibility index (Phi) is 5.07. The van der Waals surface area contributed by atoms with Crippen molar-refractivity contribution in [2.75, 3.05) is 0 Å². The molecule has 0 saturated heterocycles. The number of hydrogen-bond donors (Lipinski definition) is 1. The Labute approximate surface area is 164 Å². The van der Waals surface area contributed by atoms with Crippen LogP contribution in [0, 0.1) is 6.92 Å². The van der Waals surface area contributed by atoms with Crippen LogP contribution in [0.3, 0.4) is 0 Å². The molecule has 1 aromatic carbocycles. The van der Waals surface area contributed by atoms with Gasteiger partial charge in [-0.25, -0.2) is 13.1 Å². The van der Waals surface area contributed by atoms with Crippen molar-refractivity contribution in [3.05, 3.63) is 48.4 Å². The zero-order chi connectivity index (χ0) is 19.7. The van der Waals surface area contributed by atoms with Crippen molar-refractivity contribution in [2.24, 2.45) is 7.05 Å². The van der Waals surface area contributed by atoms with Gasteiger partial charge in [-0.1, -0.05) is 12.1 Å².